The van der Waals surface area contributed by atoms with Crippen LogP contribution in [-0.2, 0) is 0 Å². The van der Waals surface area contributed by atoms with Gasteiger partial charge in [0.05, 0.1) is 0 Å². The summed E-state index contributed by atoms with van der Waals surface area (Å²) in [6.07, 6.45) is 1.48. The van der Waals surface area contributed by atoms with Crippen molar-refractivity contribution in [2.45, 2.75) is 6.92 Å². The fraction of sp³-hybridized carbons (Fsp3) is 0.0588. The molecule has 4 heteroatoms. The Bertz CT molecular complexity index is 707. The van der Waals surface area contributed by atoms with Crippen molar-refractivity contribution in [3.63, 3.8) is 0 Å². The van der Waals surface area contributed by atoms with Crippen LogP contribution in [0.15, 0.2) is 79.0 Å². The molecular formula is C17H16F2NP. The number of halogens is 2. The number of hydrogen-bond donors (Lipinski definition) is 0. The van der Waals surface area contributed by atoms with E-state index in [2.05, 4.69) is 0 Å². The topological polar surface area (TPSA) is 4.93 Å². The first-order valence-electron chi connectivity index (χ1n) is 6.74. The third-order valence-corrected chi connectivity index (χ3v) is 7.26. The van der Waals surface area contributed by atoms with Gasteiger partial charge < -0.3 is 0 Å². The molecule has 0 N–H and O–H groups in total. The Morgan fingerprint density at radius 3 is 1.57 bits per heavy atom. The van der Waals surface area contributed by atoms with Gasteiger partial charge in [0.15, 0.2) is 0 Å². The Labute approximate surface area is 123 Å². The van der Waals surface area contributed by atoms with Gasteiger partial charge in [-0.05, 0) is 0 Å². The third kappa shape index (κ3) is 2.00. The molecule has 0 unspecified atom stereocenters. The molecule has 0 aliphatic rings. The second-order valence-corrected chi connectivity index (χ2v) is 8.22. The summed E-state index contributed by atoms with van der Waals surface area (Å²) in [7, 11) is -5.45. The minimum absolute atomic E-state index is 0.0778. The van der Waals surface area contributed by atoms with Crippen LogP contribution in [0, 0.1) is 6.92 Å². The zero-order chi connectivity index (χ0) is 14.9. The predicted octanol–water partition coefficient (Wildman–Crippen LogP) is 4.53. The molecular weight excluding hydrogens is 287 g/mol. The summed E-state index contributed by atoms with van der Waals surface area (Å²) >= 11 is 0. The van der Waals surface area contributed by atoms with Crippen LogP contribution < -0.4 is 10.6 Å². The molecule has 0 spiro atoms. The van der Waals surface area contributed by atoms with Crippen LogP contribution in [0.25, 0.3) is 0 Å². The van der Waals surface area contributed by atoms with Gasteiger partial charge in [-0.15, -0.1) is 0 Å². The third-order valence-electron chi connectivity index (χ3n) is 3.70. The van der Waals surface area contributed by atoms with Gasteiger partial charge in [0.2, 0.25) is 0 Å². The van der Waals surface area contributed by atoms with Gasteiger partial charge in [-0.1, -0.05) is 0 Å². The van der Waals surface area contributed by atoms with E-state index < -0.39 is 7.38 Å². The molecule has 0 saturated heterocycles. The number of aryl methyl sites for hydroxylation is 1. The van der Waals surface area contributed by atoms with Crippen molar-refractivity contribution < 1.29 is 8.39 Å². The van der Waals surface area contributed by atoms with Crippen LogP contribution in [0.5, 0.6) is 0 Å². The van der Waals surface area contributed by atoms with Gasteiger partial charge in [0.25, 0.3) is 0 Å². The van der Waals surface area contributed by atoms with E-state index in [-0.39, 0.29) is 10.6 Å². The van der Waals surface area contributed by atoms with Crippen LogP contribution in [-0.4, -0.2) is 4.34 Å². The standard InChI is InChI=1S/C17H16F2NP/c1-15-9-8-14-20(15)21(18,19,16-10-4-2-5-11-16)17-12-6-3-7-13-17/h2-14H,1H3. The average Bonchev–Trinajstić information content (AvgIpc) is 2.97. The second-order valence-electron chi connectivity index (χ2n) is 5.03. The first-order chi connectivity index (χ1) is 10.0. The summed E-state index contributed by atoms with van der Waals surface area (Å²) < 4.78 is 33.6. The zero-order valence-corrected chi connectivity index (χ0v) is 12.6. The normalized spacial score (nSPS) is 13.6. The van der Waals surface area contributed by atoms with E-state index in [9.17, 15) is 0 Å². The number of aromatic nitrogens is 1. The summed E-state index contributed by atoms with van der Waals surface area (Å²) in [6, 6.07) is 19.6. The maximum absolute atomic E-state index is 16.2. The van der Waals surface area contributed by atoms with Crippen molar-refractivity contribution in [3.8, 4) is 0 Å². The summed E-state index contributed by atoms with van der Waals surface area (Å²) in [6.45, 7) is 1.71. The van der Waals surface area contributed by atoms with E-state index in [1.54, 1.807) is 55.5 Å². The molecule has 21 heavy (non-hydrogen) atoms. The number of hydrogen-bond acceptors (Lipinski definition) is 0. The Kier molecular flexibility index (Phi) is 3.18. The van der Waals surface area contributed by atoms with Crippen molar-refractivity contribution >= 4 is 18.0 Å². The fourth-order valence-electron chi connectivity index (χ4n) is 2.61. The number of rotatable bonds is 3. The molecule has 108 valence electrons. The van der Waals surface area contributed by atoms with Gasteiger partial charge in [-0.3, -0.25) is 0 Å². The van der Waals surface area contributed by atoms with Crippen molar-refractivity contribution in [3.05, 3.63) is 84.7 Å². The fourth-order valence-corrected chi connectivity index (χ4v) is 5.70. The summed E-state index contributed by atoms with van der Waals surface area (Å²) in [5, 5.41) is 0.156. The molecule has 3 rings (SSSR count). The van der Waals surface area contributed by atoms with Gasteiger partial charge in [0.1, 0.15) is 0 Å². The molecule has 0 saturated carbocycles. The first-order valence-corrected chi connectivity index (χ1v) is 8.71. The summed E-state index contributed by atoms with van der Waals surface area (Å²) in [5.41, 5.74) is 0.561. The molecule has 0 radical (unpaired) electrons. The molecule has 1 nitrogen and oxygen atoms in total. The van der Waals surface area contributed by atoms with Crippen LogP contribution in [0.4, 0.5) is 8.39 Å². The predicted molar refractivity (Wildman–Crippen MR) is 85.9 cm³/mol. The van der Waals surface area contributed by atoms with Gasteiger partial charge in [-0.2, -0.15) is 0 Å². The first kappa shape index (κ1) is 14.0. The zero-order valence-electron chi connectivity index (χ0n) is 11.7. The molecule has 0 aliphatic heterocycles. The van der Waals surface area contributed by atoms with E-state index in [1.807, 2.05) is 0 Å². The minimum atomic E-state index is -5.45. The van der Waals surface area contributed by atoms with E-state index in [0.29, 0.717) is 5.69 Å². The van der Waals surface area contributed by atoms with Gasteiger partial charge in [-0.25, -0.2) is 0 Å². The summed E-state index contributed by atoms with van der Waals surface area (Å²) in [4.78, 5) is 0. The molecule has 0 fully saturated rings. The van der Waals surface area contributed by atoms with Crippen LogP contribution >= 0.6 is 7.38 Å². The van der Waals surface area contributed by atoms with Crippen molar-refractivity contribution in [2.75, 3.05) is 0 Å². The Hall–Kier alpha value is -1.99. The monoisotopic (exact) mass is 303 g/mol. The average molecular weight is 303 g/mol. The van der Waals surface area contributed by atoms with Crippen LogP contribution in [0.2, 0.25) is 0 Å². The molecule has 1 aromatic heterocycles. The Morgan fingerprint density at radius 2 is 1.19 bits per heavy atom. The van der Waals surface area contributed by atoms with Crippen molar-refractivity contribution in [2.24, 2.45) is 0 Å². The summed E-state index contributed by atoms with van der Waals surface area (Å²) in [5.74, 6) is 0. The molecule has 3 aromatic rings. The second kappa shape index (κ2) is 4.78. The number of benzene rings is 2. The van der Waals surface area contributed by atoms with Gasteiger partial charge in [0, 0.05) is 0 Å². The SMILES string of the molecule is Cc1cccn1P(F)(F)(c1ccccc1)c1ccccc1. The Balaban J connectivity index is 2.39. The molecule has 2 aromatic carbocycles. The molecule has 0 atom stereocenters. The van der Waals surface area contributed by atoms with Gasteiger partial charge >= 0.3 is 122 Å². The van der Waals surface area contributed by atoms with E-state index >= 15 is 8.39 Å². The van der Waals surface area contributed by atoms with Crippen molar-refractivity contribution in [1.82, 2.24) is 4.34 Å². The molecule has 0 aliphatic carbocycles. The van der Waals surface area contributed by atoms with Crippen LogP contribution in [0.3, 0.4) is 0 Å². The maximum atomic E-state index is 16.2. The van der Waals surface area contributed by atoms with Crippen LogP contribution in [0.1, 0.15) is 5.69 Å². The Morgan fingerprint density at radius 1 is 0.714 bits per heavy atom. The number of nitrogens with zero attached hydrogens (tertiary/aromatic N) is 1. The molecule has 0 bridgehead atoms. The molecule has 1 heterocycles. The van der Waals surface area contributed by atoms with E-state index in [1.165, 1.54) is 30.5 Å². The quantitative estimate of drug-likeness (QED) is 0.626. The molecule has 0 amide bonds. The van der Waals surface area contributed by atoms with E-state index in [0.717, 1.165) is 4.34 Å². The van der Waals surface area contributed by atoms with E-state index in [4.69, 9.17) is 0 Å². The van der Waals surface area contributed by atoms with Crippen molar-refractivity contribution in [1.29, 1.82) is 0 Å².